The first-order valence-electron chi connectivity index (χ1n) is 7.98. The zero-order chi connectivity index (χ0) is 16.4. The summed E-state index contributed by atoms with van der Waals surface area (Å²) in [6, 6.07) is 7.91. The summed E-state index contributed by atoms with van der Waals surface area (Å²) in [5.74, 6) is 0.908. The highest BCUT2D eigenvalue weighted by molar-refractivity contribution is 9.10. The molecule has 0 aliphatic carbocycles. The molecule has 2 aliphatic heterocycles. The van der Waals surface area contributed by atoms with Crippen LogP contribution in [0.5, 0.6) is 0 Å². The van der Waals surface area contributed by atoms with E-state index < -0.39 is 5.79 Å². The Morgan fingerprint density at radius 1 is 1.17 bits per heavy atom. The van der Waals surface area contributed by atoms with Crippen LogP contribution in [0.1, 0.15) is 12.8 Å². The molecular formula is C16H18BrN5O2. The van der Waals surface area contributed by atoms with Crippen LogP contribution in [0.25, 0.3) is 0 Å². The Bertz CT molecular complexity index is 713. The predicted molar refractivity (Wildman–Crippen MR) is 93.3 cm³/mol. The predicted octanol–water partition coefficient (Wildman–Crippen LogP) is 2.72. The number of anilines is 3. The second-order valence-corrected chi connectivity index (χ2v) is 6.79. The van der Waals surface area contributed by atoms with Crippen molar-refractivity contribution in [2.75, 3.05) is 36.5 Å². The number of halogens is 1. The molecule has 1 spiro atoms. The number of ether oxygens (including phenoxy) is 2. The van der Waals surface area contributed by atoms with Crippen molar-refractivity contribution < 1.29 is 9.47 Å². The van der Waals surface area contributed by atoms with E-state index in [1.54, 1.807) is 6.20 Å². The number of hydrogen-bond acceptors (Lipinski definition) is 7. The van der Waals surface area contributed by atoms with E-state index in [0.717, 1.165) is 36.1 Å². The van der Waals surface area contributed by atoms with Crippen molar-refractivity contribution in [1.82, 2.24) is 15.2 Å². The van der Waals surface area contributed by atoms with Gasteiger partial charge in [0.1, 0.15) is 0 Å². The van der Waals surface area contributed by atoms with Crippen LogP contribution in [0.15, 0.2) is 34.9 Å². The Kier molecular flexibility index (Phi) is 4.34. The van der Waals surface area contributed by atoms with E-state index >= 15 is 0 Å². The third kappa shape index (κ3) is 3.35. The largest absolute Gasteiger partial charge is 0.347 e. The highest BCUT2D eigenvalue weighted by Gasteiger charge is 2.40. The molecular weight excluding hydrogens is 374 g/mol. The number of nitrogens with zero attached hydrogens (tertiary/aromatic N) is 4. The van der Waals surface area contributed by atoms with Crippen LogP contribution >= 0.6 is 15.9 Å². The van der Waals surface area contributed by atoms with Crippen molar-refractivity contribution in [2.45, 2.75) is 18.6 Å². The van der Waals surface area contributed by atoms with E-state index in [2.05, 4.69) is 41.3 Å². The Balaban J connectivity index is 1.45. The minimum atomic E-state index is -0.393. The van der Waals surface area contributed by atoms with Crippen molar-refractivity contribution in [3.63, 3.8) is 0 Å². The molecule has 0 amide bonds. The molecule has 2 aliphatic rings. The van der Waals surface area contributed by atoms with Crippen molar-refractivity contribution in [1.29, 1.82) is 0 Å². The number of nitrogens with one attached hydrogen (secondary N) is 1. The average molecular weight is 392 g/mol. The van der Waals surface area contributed by atoms with Gasteiger partial charge in [-0.3, -0.25) is 0 Å². The summed E-state index contributed by atoms with van der Waals surface area (Å²) < 4.78 is 12.5. The van der Waals surface area contributed by atoms with Crippen LogP contribution in [0.3, 0.4) is 0 Å². The normalized spacial score (nSPS) is 19.6. The second kappa shape index (κ2) is 6.62. The van der Waals surface area contributed by atoms with Gasteiger partial charge in [-0.25, -0.2) is 0 Å². The molecule has 1 aromatic heterocycles. The maximum atomic E-state index is 5.76. The standard InChI is InChI=1S/C16H18BrN5O2/c17-12-2-1-3-13(10-12)19-14-11-18-21-15(20-14)22-6-4-16(5-7-22)23-8-9-24-16/h1-3,10-11H,4-9H2,(H,19,20,21). The first-order valence-corrected chi connectivity index (χ1v) is 8.77. The number of piperidine rings is 1. The van der Waals surface area contributed by atoms with Crippen molar-refractivity contribution in [3.05, 3.63) is 34.9 Å². The van der Waals surface area contributed by atoms with Crippen LogP contribution < -0.4 is 10.2 Å². The molecule has 2 fully saturated rings. The summed E-state index contributed by atoms with van der Waals surface area (Å²) in [6.45, 7) is 2.96. The molecule has 0 bridgehead atoms. The monoisotopic (exact) mass is 391 g/mol. The smallest absolute Gasteiger partial charge is 0.247 e. The van der Waals surface area contributed by atoms with Crippen LogP contribution in [0.4, 0.5) is 17.5 Å². The first kappa shape index (κ1) is 15.7. The Labute approximate surface area is 148 Å². The van der Waals surface area contributed by atoms with Gasteiger partial charge < -0.3 is 19.7 Å². The molecule has 2 saturated heterocycles. The van der Waals surface area contributed by atoms with E-state index in [1.165, 1.54) is 0 Å². The van der Waals surface area contributed by atoms with Gasteiger partial charge in [0.15, 0.2) is 11.6 Å². The molecule has 0 saturated carbocycles. The number of rotatable bonds is 3. The van der Waals surface area contributed by atoms with Gasteiger partial charge >= 0.3 is 0 Å². The molecule has 0 unspecified atom stereocenters. The fourth-order valence-corrected chi connectivity index (χ4v) is 3.43. The maximum Gasteiger partial charge on any atom is 0.247 e. The average Bonchev–Trinajstić information content (AvgIpc) is 3.04. The number of hydrogen-bond donors (Lipinski definition) is 1. The zero-order valence-corrected chi connectivity index (χ0v) is 14.7. The molecule has 4 rings (SSSR count). The lowest BCUT2D eigenvalue weighted by Crippen LogP contribution is -2.45. The molecule has 2 aromatic rings. The molecule has 0 radical (unpaired) electrons. The third-order valence-electron chi connectivity index (χ3n) is 4.27. The van der Waals surface area contributed by atoms with E-state index in [1.807, 2.05) is 24.3 Å². The fraction of sp³-hybridized carbons (Fsp3) is 0.438. The minimum absolute atomic E-state index is 0.393. The van der Waals surface area contributed by atoms with Crippen molar-refractivity contribution in [3.8, 4) is 0 Å². The van der Waals surface area contributed by atoms with Crippen molar-refractivity contribution >= 4 is 33.4 Å². The van der Waals surface area contributed by atoms with E-state index in [9.17, 15) is 0 Å². The van der Waals surface area contributed by atoms with Gasteiger partial charge in [-0.1, -0.05) is 22.0 Å². The van der Waals surface area contributed by atoms with Gasteiger partial charge in [0.05, 0.1) is 19.4 Å². The van der Waals surface area contributed by atoms with E-state index in [0.29, 0.717) is 25.0 Å². The van der Waals surface area contributed by atoms with Crippen LogP contribution in [-0.4, -0.2) is 47.3 Å². The highest BCUT2D eigenvalue weighted by atomic mass is 79.9. The van der Waals surface area contributed by atoms with Gasteiger partial charge in [-0.15, -0.1) is 5.10 Å². The minimum Gasteiger partial charge on any atom is -0.347 e. The quantitative estimate of drug-likeness (QED) is 0.861. The van der Waals surface area contributed by atoms with Gasteiger partial charge in [0.2, 0.25) is 5.95 Å². The summed E-state index contributed by atoms with van der Waals surface area (Å²) in [6.07, 6.45) is 3.26. The lowest BCUT2D eigenvalue weighted by Gasteiger charge is -2.37. The zero-order valence-electron chi connectivity index (χ0n) is 13.1. The fourth-order valence-electron chi connectivity index (χ4n) is 3.04. The van der Waals surface area contributed by atoms with Crippen LogP contribution in [-0.2, 0) is 9.47 Å². The van der Waals surface area contributed by atoms with Gasteiger partial charge in [0.25, 0.3) is 0 Å². The third-order valence-corrected chi connectivity index (χ3v) is 4.76. The molecule has 1 N–H and O–H groups in total. The molecule has 126 valence electrons. The van der Waals surface area contributed by atoms with Gasteiger partial charge in [-0.2, -0.15) is 10.1 Å². The summed E-state index contributed by atoms with van der Waals surface area (Å²) in [4.78, 5) is 6.70. The Morgan fingerprint density at radius 3 is 2.71 bits per heavy atom. The lowest BCUT2D eigenvalue weighted by molar-refractivity contribution is -0.169. The summed E-state index contributed by atoms with van der Waals surface area (Å²) in [7, 11) is 0. The molecule has 7 nitrogen and oxygen atoms in total. The molecule has 0 atom stereocenters. The summed E-state index contributed by atoms with van der Waals surface area (Å²) >= 11 is 3.46. The topological polar surface area (TPSA) is 72.4 Å². The second-order valence-electron chi connectivity index (χ2n) is 5.87. The molecule has 24 heavy (non-hydrogen) atoms. The van der Waals surface area contributed by atoms with Gasteiger partial charge in [-0.05, 0) is 18.2 Å². The van der Waals surface area contributed by atoms with Crippen LogP contribution in [0.2, 0.25) is 0 Å². The van der Waals surface area contributed by atoms with Crippen molar-refractivity contribution in [2.24, 2.45) is 0 Å². The maximum absolute atomic E-state index is 5.76. The SMILES string of the molecule is Brc1cccc(Nc2cnnc(N3CCC4(CC3)OCCO4)n2)c1. The summed E-state index contributed by atoms with van der Waals surface area (Å²) in [5, 5.41) is 11.5. The molecule has 1 aromatic carbocycles. The Morgan fingerprint density at radius 2 is 1.96 bits per heavy atom. The molecule has 8 heteroatoms. The molecule has 3 heterocycles. The number of aromatic nitrogens is 3. The van der Waals surface area contributed by atoms with E-state index in [-0.39, 0.29) is 0 Å². The first-order chi connectivity index (χ1) is 11.7. The van der Waals surface area contributed by atoms with E-state index in [4.69, 9.17) is 9.47 Å². The Hall–Kier alpha value is -1.77. The number of benzene rings is 1. The van der Waals surface area contributed by atoms with Crippen LogP contribution in [0, 0.1) is 0 Å². The highest BCUT2D eigenvalue weighted by Crippen LogP contribution is 2.32. The van der Waals surface area contributed by atoms with Gasteiger partial charge in [0, 0.05) is 36.1 Å². The lowest BCUT2D eigenvalue weighted by atomic mass is 10.0. The summed E-state index contributed by atoms with van der Waals surface area (Å²) in [5.41, 5.74) is 0.946.